The molecule has 1 fully saturated rings. The van der Waals surface area contributed by atoms with Crippen LogP contribution in [0.1, 0.15) is 33.3 Å². The van der Waals surface area contributed by atoms with Gasteiger partial charge in [0.25, 0.3) is 5.91 Å². The minimum absolute atomic E-state index is 0.0598. The van der Waals surface area contributed by atoms with Gasteiger partial charge in [-0.3, -0.25) is 4.79 Å². The molecule has 1 aliphatic rings. The lowest BCUT2D eigenvalue weighted by Gasteiger charge is -2.04. The van der Waals surface area contributed by atoms with Crippen LogP contribution >= 0.6 is 27.5 Å². The second kappa shape index (κ2) is 5.21. The Bertz CT molecular complexity index is 675. The minimum Gasteiger partial charge on any atom is -0.348 e. The van der Waals surface area contributed by atoms with Crippen LogP contribution in [0.5, 0.6) is 0 Å². The minimum atomic E-state index is -0.276. The predicted octanol–water partition coefficient (Wildman–Crippen LogP) is 3.03. The van der Waals surface area contributed by atoms with Gasteiger partial charge in [-0.1, -0.05) is 10.6 Å². The highest BCUT2D eigenvalue weighted by atomic mass is 79.9. The highest BCUT2D eigenvalue weighted by molar-refractivity contribution is 9.10. The van der Waals surface area contributed by atoms with E-state index in [0.29, 0.717) is 15.0 Å². The van der Waals surface area contributed by atoms with Gasteiger partial charge in [0.1, 0.15) is 10.7 Å². The number of nitrogens with zero attached hydrogens (tertiary/aromatic N) is 2. The van der Waals surface area contributed by atoms with Crippen LogP contribution in [0.2, 0.25) is 0 Å². The zero-order chi connectivity index (χ0) is 14.3. The molecule has 1 aromatic heterocycles. The summed E-state index contributed by atoms with van der Waals surface area (Å²) < 4.78 is 17.7. The highest BCUT2D eigenvalue weighted by Crippen LogP contribution is 2.41. The van der Waals surface area contributed by atoms with Gasteiger partial charge in [0.05, 0.1) is 10.2 Å². The van der Waals surface area contributed by atoms with E-state index in [1.165, 1.54) is 6.07 Å². The van der Waals surface area contributed by atoms with Gasteiger partial charge >= 0.3 is 0 Å². The van der Waals surface area contributed by atoms with E-state index in [1.807, 2.05) is 6.07 Å². The molecule has 0 unspecified atom stereocenters. The third-order valence-corrected chi connectivity index (χ3v) is 4.81. The largest absolute Gasteiger partial charge is 0.348 e. The van der Waals surface area contributed by atoms with Crippen molar-refractivity contribution in [3.8, 4) is 0 Å². The molecule has 1 aliphatic carbocycles. The Hall–Kier alpha value is -1.34. The number of aryl methyl sites for hydroxylation is 1. The molecule has 7 heteroatoms. The van der Waals surface area contributed by atoms with Gasteiger partial charge in [0.2, 0.25) is 0 Å². The summed E-state index contributed by atoms with van der Waals surface area (Å²) >= 11 is 4.22. The molecule has 2 aromatic rings. The summed E-state index contributed by atoms with van der Waals surface area (Å²) in [4.78, 5) is 12.6. The van der Waals surface area contributed by atoms with E-state index in [4.69, 9.17) is 0 Å². The summed E-state index contributed by atoms with van der Waals surface area (Å²) in [6, 6.07) is 5.15. The van der Waals surface area contributed by atoms with E-state index < -0.39 is 0 Å². The van der Waals surface area contributed by atoms with Crippen LogP contribution in [0, 0.1) is 12.7 Å². The van der Waals surface area contributed by atoms with Crippen molar-refractivity contribution in [3.05, 3.63) is 44.6 Å². The lowest BCUT2D eigenvalue weighted by Crippen LogP contribution is -2.26. The monoisotopic (exact) mass is 355 g/mol. The fraction of sp³-hybridized carbons (Fsp3) is 0.308. The fourth-order valence-corrected chi connectivity index (χ4v) is 2.95. The average molecular weight is 356 g/mol. The first-order chi connectivity index (χ1) is 9.56. The van der Waals surface area contributed by atoms with E-state index in [-0.39, 0.29) is 23.7 Å². The number of nitrogens with one attached hydrogen (secondary N) is 1. The van der Waals surface area contributed by atoms with Gasteiger partial charge in [-0.15, -0.1) is 5.10 Å². The normalized spacial score (nSPS) is 20.8. The molecule has 20 heavy (non-hydrogen) atoms. The summed E-state index contributed by atoms with van der Waals surface area (Å²) in [5, 5.41) is 6.75. The molecule has 1 N–H and O–H groups in total. The molecule has 4 nitrogen and oxygen atoms in total. The second-order valence-corrected chi connectivity index (χ2v) is 6.39. The van der Waals surface area contributed by atoms with Crippen molar-refractivity contribution in [2.24, 2.45) is 0 Å². The van der Waals surface area contributed by atoms with Gasteiger partial charge in [-0.2, -0.15) is 0 Å². The van der Waals surface area contributed by atoms with Crippen LogP contribution in [0.4, 0.5) is 4.39 Å². The van der Waals surface area contributed by atoms with E-state index in [1.54, 1.807) is 13.0 Å². The number of rotatable bonds is 3. The number of carbonyl (C=O) groups is 1. The quantitative estimate of drug-likeness (QED) is 0.920. The van der Waals surface area contributed by atoms with Crippen molar-refractivity contribution in [3.63, 3.8) is 0 Å². The van der Waals surface area contributed by atoms with Gasteiger partial charge in [-0.05, 0) is 58.5 Å². The van der Waals surface area contributed by atoms with Crippen molar-refractivity contribution in [1.82, 2.24) is 14.9 Å². The Morgan fingerprint density at radius 1 is 1.55 bits per heavy atom. The Morgan fingerprint density at radius 2 is 2.35 bits per heavy atom. The van der Waals surface area contributed by atoms with Gasteiger partial charge in [-0.25, -0.2) is 4.39 Å². The molecular formula is C13H11BrFN3OS. The van der Waals surface area contributed by atoms with E-state index in [0.717, 1.165) is 23.5 Å². The number of halogens is 2. The van der Waals surface area contributed by atoms with Crippen molar-refractivity contribution in [2.45, 2.75) is 25.3 Å². The highest BCUT2D eigenvalue weighted by Gasteiger charge is 2.40. The van der Waals surface area contributed by atoms with Gasteiger partial charge < -0.3 is 5.32 Å². The molecule has 0 bridgehead atoms. The molecule has 1 saturated carbocycles. The Labute approximate surface area is 127 Å². The number of hydrogen-bond donors (Lipinski definition) is 1. The van der Waals surface area contributed by atoms with Crippen molar-refractivity contribution < 1.29 is 9.18 Å². The molecule has 1 heterocycles. The molecule has 0 aliphatic heterocycles. The Balaban J connectivity index is 1.66. The molecule has 1 amide bonds. The standard InChI is InChI=1S/C13H11BrFN3OS/c1-6-12(20-18-17-6)13(19)16-11-5-8(11)7-2-3-9(14)10(15)4-7/h2-4,8,11H,5H2,1H3,(H,16,19)/t8-,11+/m0/s1. The lowest BCUT2D eigenvalue weighted by molar-refractivity contribution is 0.0953. The molecule has 2 atom stereocenters. The fourth-order valence-electron chi connectivity index (χ4n) is 2.14. The number of carbonyl (C=O) groups excluding carboxylic acids is 1. The Morgan fingerprint density at radius 3 is 3.00 bits per heavy atom. The first-order valence-corrected chi connectivity index (χ1v) is 7.67. The topological polar surface area (TPSA) is 54.9 Å². The van der Waals surface area contributed by atoms with Gasteiger partial charge in [0, 0.05) is 12.0 Å². The van der Waals surface area contributed by atoms with Crippen molar-refractivity contribution in [1.29, 1.82) is 0 Å². The van der Waals surface area contributed by atoms with Crippen LogP contribution in [0.15, 0.2) is 22.7 Å². The number of amides is 1. The molecule has 3 rings (SSSR count). The van der Waals surface area contributed by atoms with E-state index >= 15 is 0 Å². The van der Waals surface area contributed by atoms with Gasteiger partial charge in [0.15, 0.2) is 0 Å². The summed E-state index contributed by atoms with van der Waals surface area (Å²) in [6.07, 6.45) is 0.831. The zero-order valence-electron chi connectivity index (χ0n) is 10.6. The summed E-state index contributed by atoms with van der Waals surface area (Å²) in [6.45, 7) is 1.76. The van der Waals surface area contributed by atoms with Crippen LogP contribution in [0.3, 0.4) is 0 Å². The molecule has 0 radical (unpaired) electrons. The maximum atomic E-state index is 13.5. The maximum Gasteiger partial charge on any atom is 0.265 e. The SMILES string of the molecule is Cc1nnsc1C(=O)N[C@@H]1C[C@H]1c1ccc(Br)c(F)c1. The summed E-state index contributed by atoms with van der Waals surface area (Å²) in [7, 11) is 0. The molecule has 0 saturated heterocycles. The predicted molar refractivity (Wildman–Crippen MR) is 77.4 cm³/mol. The molecule has 0 spiro atoms. The summed E-state index contributed by atoms with van der Waals surface area (Å²) in [5.41, 5.74) is 1.55. The first kappa shape index (κ1) is 13.6. The molecule has 104 valence electrons. The second-order valence-electron chi connectivity index (χ2n) is 4.78. The zero-order valence-corrected chi connectivity index (χ0v) is 13.0. The molecular weight excluding hydrogens is 345 g/mol. The average Bonchev–Trinajstić information content (AvgIpc) is 3.03. The van der Waals surface area contributed by atoms with E-state index in [2.05, 4.69) is 30.8 Å². The Kier molecular flexibility index (Phi) is 3.55. The smallest absolute Gasteiger partial charge is 0.265 e. The number of hydrogen-bond acceptors (Lipinski definition) is 4. The van der Waals surface area contributed by atoms with Crippen LogP contribution < -0.4 is 5.32 Å². The summed E-state index contributed by atoms with van der Waals surface area (Å²) in [5.74, 6) is -0.243. The molecule has 1 aromatic carbocycles. The number of benzene rings is 1. The third kappa shape index (κ3) is 2.60. The van der Waals surface area contributed by atoms with Crippen molar-refractivity contribution >= 4 is 33.4 Å². The maximum absolute atomic E-state index is 13.5. The number of aromatic nitrogens is 2. The first-order valence-electron chi connectivity index (χ1n) is 6.11. The van der Waals surface area contributed by atoms with Crippen LogP contribution in [-0.4, -0.2) is 21.5 Å². The van der Waals surface area contributed by atoms with Crippen LogP contribution in [-0.2, 0) is 0 Å². The lowest BCUT2D eigenvalue weighted by atomic mass is 10.1. The third-order valence-electron chi connectivity index (χ3n) is 3.34. The van der Waals surface area contributed by atoms with Crippen LogP contribution in [0.25, 0.3) is 0 Å². The van der Waals surface area contributed by atoms with Crippen molar-refractivity contribution in [2.75, 3.05) is 0 Å². The van der Waals surface area contributed by atoms with E-state index in [9.17, 15) is 9.18 Å².